The van der Waals surface area contributed by atoms with E-state index in [1.807, 2.05) is 61.5 Å². The number of anilines is 1. The largest absolute Gasteiger partial charge is 0.334 e. The second-order valence-electron chi connectivity index (χ2n) is 5.15. The van der Waals surface area contributed by atoms with E-state index in [1.54, 1.807) is 6.20 Å². The predicted molar refractivity (Wildman–Crippen MR) is 88.8 cm³/mol. The van der Waals surface area contributed by atoms with Crippen molar-refractivity contribution in [1.29, 1.82) is 0 Å². The molecule has 0 aliphatic carbocycles. The fourth-order valence-corrected chi connectivity index (χ4v) is 2.30. The van der Waals surface area contributed by atoms with Crippen LogP contribution in [0.2, 0.25) is 0 Å². The van der Waals surface area contributed by atoms with Crippen LogP contribution in [0, 0.1) is 6.92 Å². The van der Waals surface area contributed by atoms with E-state index in [0.717, 1.165) is 27.7 Å². The van der Waals surface area contributed by atoms with Crippen molar-refractivity contribution in [2.24, 2.45) is 0 Å². The Morgan fingerprint density at radius 2 is 1.95 bits per heavy atom. The zero-order valence-corrected chi connectivity index (χ0v) is 12.3. The highest BCUT2D eigenvalue weighted by Gasteiger charge is 2.04. The molecule has 22 heavy (non-hydrogen) atoms. The van der Waals surface area contributed by atoms with Crippen LogP contribution in [0.4, 0.5) is 10.5 Å². The first-order chi connectivity index (χ1) is 10.7. The van der Waals surface area contributed by atoms with Gasteiger partial charge < -0.3 is 10.6 Å². The molecule has 0 atom stereocenters. The average molecular weight is 291 g/mol. The fourth-order valence-electron chi connectivity index (χ4n) is 2.30. The van der Waals surface area contributed by atoms with Crippen molar-refractivity contribution >= 4 is 22.6 Å². The summed E-state index contributed by atoms with van der Waals surface area (Å²) in [5.41, 5.74) is 3.85. The highest BCUT2D eigenvalue weighted by atomic mass is 16.2. The lowest BCUT2D eigenvalue weighted by atomic mass is 10.1. The lowest BCUT2D eigenvalue weighted by Gasteiger charge is -2.10. The molecule has 3 rings (SSSR count). The quantitative estimate of drug-likeness (QED) is 0.769. The number of carbonyl (C=O) groups is 1. The molecule has 110 valence electrons. The Labute approximate surface area is 129 Å². The van der Waals surface area contributed by atoms with Gasteiger partial charge in [-0.05, 0) is 42.3 Å². The van der Waals surface area contributed by atoms with E-state index < -0.39 is 0 Å². The number of carbonyl (C=O) groups excluding carboxylic acids is 1. The van der Waals surface area contributed by atoms with Crippen LogP contribution in [0.1, 0.15) is 11.1 Å². The lowest BCUT2D eigenvalue weighted by Crippen LogP contribution is -2.28. The summed E-state index contributed by atoms with van der Waals surface area (Å²) in [6, 6.07) is 17.4. The number of nitrogens with one attached hydrogen (secondary N) is 2. The molecule has 1 heterocycles. The van der Waals surface area contributed by atoms with Crippen LogP contribution in [0.3, 0.4) is 0 Å². The average Bonchev–Trinajstić information content (AvgIpc) is 2.55. The zero-order chi connectivity index (χ0) is 15.4. The number of benzene rings is 2. The van der Waals surface area contributed by atoms with Gasteiger partial charge in [0, 0.05) is 23.8 Å². The van der Waals surface area contributed by atoms with Crippen molar-refractivity contribution in [1.82, 2.24) is 10.3 Å². The van der Waals surface area contributed by atoms with Crippen LogP contribution in [0.15, 0.2) is 60.8 Å². The topological polar surface area (TPSA) is 54.0 Å². The number of rotatable bonds is 3. The van der Waals surface area contributed by atoms with Crippen LogP contribution in [-0.2, 0) is 6.54 Å². The maximum atomic E-state index is 12.0. The zero-order valence-electron chi connectivity index (χ0n) is 12.3. The van der Waals surface area contributed by atoms with Gasteiger partial charge in [0.2, 0.25) is 0 Å². The number of urea groups is 1. The third-order valence-corrected chi connectivity index (χ3v) is 3.51. The summed E-state index contributed by atoms with van der Waals surface area (Å²) in [6.45, 7) is 2.44. The van der Waals surface area contributed by atoms with Gasteiger partial charge in [0.15, 0.2) is 0 Å². The van der Waals surface area contributed by atoms with Gasteiger partial charge in [0.05, 0.1) is 5.52 Å². The van der Waals surface area contributed by atoms with Crippen LogP contribution >= 0.6 is 0 Å². The Morgan fingerprint density at radius 3 is 2.82 bits per heavy atom. The molecule has 0 aliphatic rings. The molecule has 2 N–H and O–H groups in total. The normalized spacial score (nSPS) is 10.4. The summed E-state index contributed by atoms with van der Waals surface area (Å²) in [5.74, 6) is 0. The third-order valence-electron chi connectivity index (χ3n) is 3.51. The smallest absolute Gasteiger partial charge is 0.319 e. The second-order valence-corrected chi connectivity index (χ2v) is 5.15. The molecule has 0 aliphatic heterocycles. The number of para-hydroxylation sites is 1. The summed E-state index contributed by atoms with van der Waals surface area (Å²) < 4.78 is 0. The van der Waals surface area contributed by atoms with Crippen molar-refractivity contribution in [2.75, 3.05) is 5.32 Å². The van der Waals surface area contributed by atoms with Gasteiger partial charge in [-0.3, -0.25) is 4.98 Å². The van der Waals surface area contributed by atoms with Gasteiger partial charge in [-0.2, -0.15) is 0 Å². The molecule has 0 spiro atoms. The number of nitrogens with zero attached hydrogens (tertiary/aromatic N) is 1. The number of aryl methyl sites for hydroxylation is 1. The minimum Gasteiger partial charge on any atom is -0.334 e. The summed E-state index contributed by atoms with van der Waals surface area (Å²) in [6.07, 6.45) is 1.77. The van der Waals surface area contributed by atoms with Crippen molar-refractivity contribution in [2.45, 2.75) is 13.5 Å². The summed E-state index contributed by atoms with van der Waals surface area (Å²) >= 11 is 0. The Balaban J connectivity index is 1.63. The standard InChI is InChI=1S/C18H17N3O/c1-13-5-2-3-7-16(13)21-18(22)20-12-14-8-9-17-15(11-14)6-4-10-19-17/h2-11H,12H2,1H3,(H2,20,21,22). The first-order valence-corrected chi connectivity index (χ1v) is 7.16. The molecule has 0 fully saturated rings. The maximum Gasteiger partial charge on any atom is 0.319 e. The predicted octanol–water partition coefficient (Wildman–Crippen LogP) is 3.86. The minimum atomic E-state index is -0.208. The van der Waals surface area contributed by atoms with Crippen molar-refractivity contribution in [3.63, 3.8) is 0 Å². The molecular weight excluding hydrogens is 274 g/mol. The number of fused-ring (bicyclic) bond motifs is 1. The van der Waals surface area contributed by atoms with E-state index in [4.69, 9.17) is 0 Å². The Kier molecular flexibility index (Phi) is 4.01. The van der Waals surface area contributed by atoms with E-state index in [1.165, 1.54) is 0 Å². The molecule has 2 aromatic carbocycles. The monoisotopic (exact) mass is 291 g/mol. The van der Waals surface area contributed by atoms with Crippen LogP contribution in [-0.4, -0.2) is 11.0 Å². The highest BCUT2D eigenvalue weighted by Crippen LogP contribution is 2.14. The van der Waals surface area contributed by atoms with Crippen molar-refractivity contribution in [3.05, 3.63) is 71.9 Å². The number of pyridine rings is 1. The van der Waals surface area contributed by atoms with Gasteiger partial charge >= 0.3 is 6.03 Å². The fraction of sp³-hybridized carbons (Fsp3) is 0.111. The van der Waals surface area contributed by atoms with E-state index in [9.17, 15) is 4.79 Å². The molecule has 0 bridgehead atoms. The number of hydrogen-bond donors (Lipinski definition) is 2. The summed E-state index contributed by atoms with van der Waals surface area (Å²) in [4.78, 5) is 16.3. The molecule has 0 radical (unpaired) electrons. The molecule has 0 unspecified atom stereocenters. The van der Waals surface area contributed by atoms with Crippen molar-refractivity contribution < 1.29 is 4.79 Å². The summed E-state index contributed by atoms with van der Waals surface area (Å²) in [5, 5.41) is 6.79. The van der Waals surface area contributed by atoms with Crippen LogP contribution in [0.5, 0.6) is 0 Å². The number of aromatic nitrogens is 1. The summed E-state index contributed by atoms with van der Waals surface area (Å²) in [7, 11) is 0. The second kappa shape index (κ2) is 6.26. The lowest BCUT2D eigenvalue weighted by molar-refractivity contribution is 0.251. The molecule has 0 saturated carbocycles. The molecule has 2 amide bonds. The molecule has 3 aromatic rings. The minimum absolute atomic E-state index is 0.208. The molecule has 4 nitrogen and oxygen atoms in total. The first kappa shape index (κ1) is 14.1. The van der Waals surface area contributed by atoms with Gasteiger partial charge in [0.25, 0.3) is 0 Å². The van der Waals surface area contributed by atoms with Gasteiger partial charge in [-0.25, -0.2) is 4.79 Å². The van der Waals surface area contributed by atoms with Gasteiger partial charge in [-0.15, -0.1) is 0 Å². The third kappa shape index (κ3) is 3.23. The van der Waals surface area contributed by atoms with E-state index >= 15 is 0 Å². The number of amides is 2. The van der Waals surface area contributed by atoms with E-state index in [-0.39, 0.29) is 6.03 Å². The van der Waals surface area contributed by atoms with E-state index in [2.05, 4.69) is 15.6 Å². The Hall–Kier alpha value is -2.88. The van der Waals surface area contributed by atoms with Gasteiger partial charge in [0.1, 0.15) is 0 Å². The SMILES string of the molecule is Cc1ccccc1NC(=O)NCc1ccc2ncccc2c1. The van der Waals surface area contributed by atoms with E-state index in [0.29, 0.717) is 6.54 Å². The van der Waals surface area contributed by atoms with Crippen LogP contribution < -0.4 is 10.6 Å². The van der Waals surface area contributed by atoms with Crippen molar-refractivity contribution in [3.8, 4) is 0 Å². The maximum absolute atomic E-state index is 12.0. The molecular formula is C18H17N3O. The van der Waals surface area contributed by atoms with Gasteiger partial charge in [-0.1, -0.05) is 30.3 Å². The molecule has 1 aromatic heterocycles. The molecule has 4 heteroatoms. The first-order valence-electron chi connectivity index (χ1n) is 7.16. The Bertz CT molecular complexity index is 814. The Morgan fingerprint density at radius 1 is 1.09 bits per heavy atom. The highest BCUT2D eigenvalue weighted by molar-refractivity contribution is 5.90. The molecule has 0 saturated heterocycles. The van der Waals surface area contributed by atoms with Crippen LogP contribution in [0.25, 0.3) is 10.9 Å². The number of hydrogen-bond acceptors (Lipinski definition) is 2.